The van der Waals surface area contributed by atoms with Gasteiger partial charge in [0.2, 0.25) is 0 Å². The zero-order valence-electron chi connectivity index (χ0n) is 9.58. The molecule has 2 nitrogen and oxygen atoms in total. The molecule has 0 unspecified atom stereocenters. The van der Waals surface area contributed by atoms with Crippen LogP contribution in [0.4, 0.5) is 0 Å². The Hall–Kier alpha value is -0.340. The van der Waals surface area contributed by atoms with Crippen LogP contribution in [0.5, 0.6) is 0 Å². The molecule has 1 atom stereocenters. The van der Waals surface area contributed by atoms with Gasteiger partial charge in [-0.05, 0) is 33.1 Å². The van der Waals surface area contributed by atoms with E-state index in [0.29, 0.717) is 0 Å². The van der Waals surface area contributed by atoms with E-state index in [1.54, 1.807) is 0 Å². The molecule has 0 saturated heterocycles. The third-order valence-electron chi connectivity index (χ3n) is 2.84. The fraction of sp³-hybridized carbons (Fsp3) is 0.833. The highest BCUT2D eigenvalue weighted by Crippen LogP contribution is 2.37. The van der Waals surface area contributed by atoms with Gasteiger partial charge in [-0.1, -0.05) is 19.1 Å². The number of rotatable bonds is 5. The van der Waals surface area contributed by atoms with E-state index in [1.165, 1.54) is 0 Å². The summed E-state index contributed by atoms with van der Waals surface area (Å²) >= 11 is 0. The van der Waals surface area contributed by atoms with Gasteiger partial charge < -0.3 is 9.47 Å². The van der Waals surface area contributed by atoms with Crippen molar-refractivity contribution in [1.82, 2.24) is 0 Å². The lowest BCUT2D eigenvalue weighted by Gasteiger charge is -2.37. The number of hydrogen-bond donors (Lipinski definition) is 0. The zero-order chi connectivity index (χ0) is 10.4. The Balaban J connectivity index is 2.59. The first-order chi connectivity index (χ1) is 6.73. The van der Waals surface area contributed by atoms with E-state index in [2.05, 4.69) is 19.1 Å². The Morgan fingerprint density at radius 1 is 1.21 bits per heavy atom. The molecule has 0 aliphatic heterocycles. The minimum absolute atomic E-state index is 0.0394. The molecule has 1 aliphatic rings. The van der Waals surface area contributed by atoms with Gasteiger partial charge in [-0.15, -0.1) is 0 Å². The van der Waals surface area contributed by atoms with Crippen molar-refractivity contribution in [3.63, 3.8) is 0 Å². The summed E-state index contributed by atoms with van der Waals surface area (Å²) in [5.74, 6) is 0. The highest BCUT2D eigenvalue weighted by atomic mass is 16.7. The van der Waals surface area contributed by atoms with Gasteiger partial charge in [0.1, 0.15) is 0 Å². The van der Waals surface area contributed by atoms with Crippen LogP contribution >= 0.6 is 0 Å². The van der Waals surface area contributed by atoms with Gasteiger partial charge in [0, 0.05) is 18.6 Å². The van der Waals surface area contributed by atoms with Gasteiger partial charge in [0.25, 0.3) is 0 Å². The maximum absolute atomic E-state index is 5.67. The molecule has 0 aromatic heterocycles. The SMILES string of the molecule is CCOC(OCC)[C@]1(C)CC=CCC1. The molecule has 0 heterocycles. The van der Waals surface area contributed by atoms with Gasteiger partial charge in [0.15, 0.2) is 6.29 Å². The summed E-state index contributed by atoms with van der Waals surface area (Å²) in [6.07, 6.45) is 7.83. The molecule has 0 fully saturated rings. The number of hydrogen-bond acceptors (Lipinski definition) is 2. The Morgan fingerprint density at radius 2 is 1.86 bits per heavy atom. The summed E-state index contributed by atoms with van der Waals surface area (Å²) in [6, 6.07) is 0. The van der Waals surface area contributed by atoms with E-state index in [9.17, 15) is 0 Å². The van der Waals surface area contributed by atoms with Crippen LogP contribution in [0.1, 0.15) is 40.0 Å². The van der Waals surface area contributed by atoms with Gasteiger partial charge >= 0.3 is 0 Å². The summed E-state index contributed by atoms with van der Waals surface area (Å²) in [5.41, 5.74) is 0.167. The van der Waals surface area contributed by atoms with Crippen molar-refractivity contribution >= 4 is 0 Å². The van der Waals surface area contributed by atoms with Crippen LogP contribution in [0.25, 0.3) is 0 Å². The van der Waals surface area contributed by atoms with Crippen molar-refractivity contribution in [1.29, 1.82) is 0 Å². The van der Waals surface area contributed by atoms with Crippen LogP contribution in [0.2, 0.25) is 0 Å². The molecule has 0 aromatic carbocycles. The summed E-state index contributed by atoms with van der Waals surface area (Å²) in [6.45, 7) is 7.75. The first kappa shape index (κ1) is 11.7. The van der Waals surface area contributed by atoms with E-state index in [4.69, 9.17) is 9.47 Å². The lowest BCUT2D eigenvalue weighted by atomic mass is 9.78. The van der Waals surface area contributed by atoms with Gasteiger partial charge in [-0.3, -0.25) is 0 Å². The molecule has 0 spiro atoms. The smallest absolute Gasteiger partial charge is 0.163 e. The summed E-state index contributed by atoms with van der Waals surface area (Å²) in [5, 5.41) is 0. The maximum atomic E-state index is 5.67. The van der Waals surface area contributed by atoms with Crippen molar-refractivity contribution in [2.45, 2.75) is 46.3 Å². The average molecular weight is 198 g/mol. The molecule has 0 saturated carbocycles. The van der Waals surface area contributed by atoms with E-state index in [1.807, 2.05) is 13.8 Å². The van der Waals surface area contributed by atoms with Gasteiger partial charge in [-0.2, -0.15) is 0 Å². The van der Waals surface area contributed by atoms with E-state index < -0.39 is 0 Å². The quantitative estimate of drug-likeness (QED) is 0.499. The fourth-order valence-corrected chi connectivity index (χ4v) is 1.95. The Bertz CT molecular complexity index is 183. The normalized spacial score (nSPS) is 27.1. The third-order valence-corrected chi connectivity index (χ3v) is 2.84. The van der Waals surface area contributed by atoms with Gasteiger partial charge in [0.05, 0.1) is 0 Å². The molecule has 2 heteroatoms. The van der Waals surface area contributed by atoms with Crippen LogP contribution in [0.15, 0.2) is 12.2 Å². The summed E-state index contributed by atoms with van der Waals surface area (Å²) in [4.78, 5) is 0. The molecule has 0 N–H and O–H groups in total. The molecule has 0 amide bonds. The number of ether oxygens (including phenoxy) is 2. The van der Waals surface area contributed by atoms with Crippen molar-refractivity contribution in [3.8, 4) is 0 Å². The second kappa shape index (κ2) is 5.52. The van der Waals surface area contributed by atoms with Crippen LogP contribution in [-0.4, -0.2) is 19.5 Å². The molecule has 1 rings (SSSR count). The zero-order valence-corrected chi connectivity index (χ0v) is 9.58. The average Bonchev–Trinajstić information content (AvgIpc) is 2.19. The van der Waals surface area contributed by atoms with Crippen molar-refractivity contribution in [3.05, 3.63) is 12.2 Å². The van der Waals surface area contributed by atoms with Crippen molar-refractivity contribution in [2.24, 2.45) is 5.41 Å². The monoisotopic (exact) mass is 198 g/mol. The fourth-order valence-electron chi connectivity index (χ4n) is 1.95. The van der Waals surface area contributed by atoms with Gasteiger partial charge in [-0.25, -0.2) is 0 Å². The molecular formula is C12H22O2. The Kier molecular flexibility index (Phi) is 4.63. The molecule has 0 bridgehead atoms. The van der Waals surface area contributed by atoms with Crippen molar-refractivity contribution in [2.75, 3.05) is 13.2 Å². The molecule has 82 valence electrons. The highest BCUT2D eigenvalue weighted by Gasteiger charge is 2.35. The molecule has 0 radical (unpaired) electrons. The van der Waals surface area contributed by atoms with E-state index in [-0.39, 0.29) is 11.7 Å². The lowest BCUT2D eigenvalue weighted by Crippen LogP contribution is -2.37. The van der Waals surface area contributed by atoms with Crippen LogP contribution < -0.4 is 0 Å². The third kappa shape index (κ3) is 2.82. The predicted molar refractivity (Wildman–Crippen MR) is 58.1 cm³/mol. The first-order valence-electron chi connectivity index (χ1n) is 5.61. The second-order valence-corrected chi connectivity index (χ2v) is 4.11. The minimum atomic E-state index is -0.0394. The van der Waals surface area contributed by atoms with E-state index in [0.717, 1.165) is 32.5 Å². The van der Waals surface area contributed by atoms with E-state index >= 15 is 0 Å². The molecule has 0 aromatic rings. The highest BCUT2D eigenvalue weighted by molar-refractivity contribution is 4.97. The Morgan fingerprint density at radius 3 is 2.29 bits per heavy atom. The Labute approximate surface area is 87.3 Å². The standard InChI is InChI=1S/C12H22O2/c1-4-13-11(14-5-2)12(3)9-7-6-8-10-12/h6-7,11H,4-5,8-10H2,1-3H3/t12-/m1/s1. The van der Waals surface area contributed by atoms with Crippen molar-refractivity contribution < 1.29 is 9.47 Å². The van der Waals surface area contributed by atoms with Crippen LogP contribution in [0, 0.1) is 5.41 Å². The predicted octanol–water partition coefficient (Wildman–Crippen LogP) is 3.13. The minimum Gasteiger partial charge on any atom is -0.352 e. The molecule has 14 heavy (non-hydrogen) atoms. The summed E-state index contributed by atoms with van der Waals surface area (Å²) in [7, 11) is 0. The largest absolute Gasteiger partial charge is 0.352 e. The summed E-state index contributed by atoms with van der Waals surface area (Å²) < 4.78 is 11.3. The number of allylic oxidation sites excluding steroid dienone is 2. The molecular weight excluding hydrogens is 176 g/mol. The maximum Gasteiger partial charge on any atom is 0.163 e. The van der Waals surface area contributed by atoms with Crippen LogP contribution in [0.3, 0.4) is 0 Å². The first-order valence-corrected chi connectivity index (χ1v) is 5.61. The second-order valence-electron chi connectivity index (χ2n) is 4.11. The topological polar surface area (TPSA) is 18.5 Å². The van der Waals surface area contributed by atoms with Crippen LogP contribution in [-0.2, 0) is 9.47 Å². The lowest BCUT2D eigenvalue weighted by molar-refractivity contribution is -0.201. The molecule has 1 aliphatic carbocycles.